The number of nitro groups is 1. The average molecular weight is 289 g/mol. The third kappa shape index (κ3) is 3.85. The number of aromatic amines is 1. The fraction of sp³-hybridized carbons (Fsp3) is 0.429. The molecule has 7 nitrogen and oxygen atoms in total. The maximum Gasteiger partial charge on any atom is 0.270 e. The van der Waals surface area contributed by atoms with E-state index in [-0.39, 0.29) is 5.69 Å². The molecule has 112 valence electrons. The lowest BCUT2D eigenvalue weighted by atomic mass is 10.2. The van der Waals surface area contributed by atoms with Gasteiger partial charge >= 0.3 is 0 Å². The summed E-state index contributed by atoms with van der Waals surface area (Å²) in [6, 6.07) is 6.35. The highest BCUT2D eigenvalue weighted by Gasteiger charge is 2.11. The standard InChI is InChI=1S/C14H19N5O2/c1-3-18(4-2)9-8-13-15-14(17-16-13)11-6-5-7-12(10-11)19(20)21/h5-7,10H,3-4,8-9H2,1-2H3,(H,15,16,17). The Balaban J connectivity index is 2.09. The van der Waals surface area contributed by atoms with Crippen molar-refractivity contribution in [2.24, 2.45) is 0 Å². The molecule has 1 N–H and O–H groups in total. The van der Waals surface area contributed by atoms with Crippen molar-refractivity contribution in [1.29, 1.82) is 0 Å². The van der Waals surface area contributed by atoms with Gasteiger partial charge in [-0.1, -0.05) is 26.0 Å². The Hall–Kier alpha value is -2.28. The number of rotatable bonds is 7. The fourth-order valence-corrected chi connectivity index (χ4v) is 2.10. The molecule has 0 unspecified atom stereocenters. The summed E-state index contributed by atoms with van der Waals surface area (Å²) in [5.41, 5.74) is 0.691. The molecule has 0 saturated carbocycles. The van der Waals surface area contributed by atoms with Crippen LogP contribution < -0.4 is 0 Å². The van der Waals surface area contributed by atoms with E-state index in [4.69, 9.17) is 0 Å². The van der Waals surface area contributed by atoms with Crippen molar-refractivity contribution in [3.8, 4) is 11.4 Å². The lowest BCUT2D eigenvalue weighted by Gasteiger charge is -2.16. The molecule has 21 heavy (non-hydrogen) atoms. The van der Waals surface area contributed by atoms with E-state index in [0.717, 1.165) is 31.9 Å². The molecule has 7 heteroatoms. The highest BCUT2D eigenvalue weighted by Crippen LogP contribution is 2.20. The number of nitrogens with zero attached hydrogens (tertiary/aromatic N) is 4. The summed E-state index contributed by atoms with van der Waals surface area (Å²) >= 11 is 0. The molecule has 0 radical (unpaired) electrons. The van der Waals surface area contributed by atoms with Crippen LogP contribution in [-0.2, 0) is 6.42 Å². The van der Waals surface area contributed by atoms with Crippen molar-refractivity contribution < 1.29 is 4.92 Å². The number of aromatic nitrogens is 3. The summed E-state index contributed by atoms with van der Waals surface area (Å²) in [6.45, 7) is 7.16. The molecule has 0 aliphatic heterocycles. The van der Waals surface area contributed by atoms with Crippen molar-refractivity contribution in [2.45, 2.75) is 20.3 Å². The number of nitrogens with one attached hydrogen (secondary N) is 1. The summed E-state index contributed by atoms with van der Waals surface area (Å²) in [4.78, 5) is 17.1. The van der Waals surface area contributed by atoms with Crippen LogP contribution in [0, 0.1) is 10.1 Å². The summed E-state index contributed by atoms with van der Waals surface area (Å²) in [7, 11) is 0. The highest BCUT2D eigenvalue weighted by molar-refractivity contribution is 5.58. The van der Waals surface area contributed by atoms with Gasteiger partial charge in [-0.3, -0.25) is 15.2 Å². The number of hydrogen-bond acceptors (Lipinski definition) is 5. The largest absolute Gasteiger partial charge is 0.303 e. The monoisotopic (exact) mass is 289 g/mol. The van der Waals surface area contributed by atoms with E-state index >= 15 is 0 Å². The van der Waals surface area contributed by atoms with Gasteiger partial charge in [0.1, 0.15) is 5.82 Å². The van der Waals surface area contributed by atoms with E-state index in [1.165, 1.54) is 12.1 Å². The third-order valence-electron chi connectivity index (χ3n) is 3.41. The quantitative estimate of drug-likeness (QED) is 0.624. The first-order chi connectivity index (χ1) is 10.1. The molecule has 2 rings (SSSR count). The van der Waals surface area contributed by atoms with Gasteiger partial charge < -0.3 is 4.90 Å². The Labute approximate surface area is 123 Å². The van der Waals surface area contributed by atoms with Crippen molar-refractivity contribution in [1.82, 2.24) is 20.1 Å². The Bertz CT molecular complexity index is 607. The van der Waals surface area contributed by atoms with Crippen LogP contribution in [0.3, 0.4) is 0 Å². The normalized spacial score (nSPS) is 11.0. The van der Waals surface area contributed by atoms with Gasteiger partial charge in [0.25, 0.3) is 5.69 Å². The van der Waals surface area contributed by atoms with Crippen LogP contribution in [0.5, 0.6) is 0 Å². The van der Waals surface area contributed by atoms with E-state index in [2.05, 4.69) is 33.9 Å². The number of nitro benzene ring substituents is 1. The second-order valence-corrected chi connectivity index (χ2v) is 4.69. The Morgan fingerprint density at radius 3 is 2.76 bits per heavy atom. The number of benzene rings is 1. The average Bonchev–Trinajstić information content (AvgIpc) is 2.97. The van der Waals surface area contributed by atoms with Crippen molar-refractivity contribution >= 4 is 5.69 Å². The van der Waals surface area contributed by atoms with Gasteiger partial charge in [0.05, 0.1) is 4.92 Å². The minimum absolute atomic E-state index is 0.0435. The lowest BCUT2D eigenvalue weighted by Crippen LogP contribution is -2.25. The van der Waals surface area contributed by atoms with Crippen LogP contribution in [0.4, 0.5) is 5.69 Å². The third-order valence-corrected chi connectivity index (χ3v) is 3.41. The van der Waals surface area contributed by atoms with E-state index in [9.17, 15) is 10.1 Å². The number of non-ortho nitro benzene ring substituents is 1. The van der Waals surface area contributed by atoms with Gasteiger partial charge in [-0.15, -0.1) is 0 Å². The van der Waals surface area contributed by atoms with E-state index < -0.39 is 4.92 Å². The zero-order chi connectivity index (χ0) is 15.2. The van der Waals surface area contributed by atoms with Gasteiger partial charge in [0.2, 0.25) is 0 Å². The predicted molar refractivity (Wildman–Crippen MR) is 80.0 cm³/mol. The molecule has 0 aliphatic carbocycles. The minimum Gasteiger partial charge on any atom is -0.303 e. The highest BCUT2D eigenvalue weighted by atomic mass is 16.6. The Morgan fingerprint density at radius 2 is 2.10 bits per heavy atom. The summed E-state index contributed by atoms with van der Waals surface area (Å²) < 4.78 is 0. The summed E-state index contributed by atoms with van der Waals surface area (Å²) in [5.74, 6) is 1.29. The first kappa shape index (κ1) is 15.1. The van der Waals surface area contributed by atoms with Crippen LogP contribution in [-0.4, -0.2) is 44.6 Å². The molecular formula is C14H19N5O2. The van der Waals surface area contributed by atoms with Crippen LogP contribution in [0.25, 0.3) is 11.4 Å². The SMILES string of the molecule is CCN(CC)CCc1nc(-c2cccc([N+](=O)[O-])c2)n[nH]1. The molecule has 1 heterocycles. The second kappa shape index (κ2) is 6.94. The van der Waals surface area contributed by atoms with Gasteiger partial charge in [0.15, 0.2) is 5.82 Å². The molecule has 0 amide bonds. The number of likely N-dealkylation sites (N-methyl/N-ethyl adjacent to an activating group) is 1. The van der Waals surface area contributed by atoms with E-state index in [0.29, 0.717) is 11.4 Å². The summed E-state index contributed by atoms with van der Waals surface area (Å²) in [5, 5.41) is 17.8. The zero-order valence-corrected chi connectivity index (χ0v) is 12.2. The molecule has 0 atom stereocenters. The first-order valence-electron chi connectivity index (χ1n) is 7.02. The maximum absolute atomic E-state index is 10.8. The molecule has 2 aromatic rings. The van der Waals surface area contributed by atoms with Crippen molar-refractivity contribution in [3.05, 3.63) is 40.2 Å². The molecular weight excluding hydrogens is 270 g/mol. The number of hydrogen-bond donors (Lipinski definition) is 1. The molecule has 0 saturated heterocycles. The molecule has 0 bridgehead atoms. The smallest absolute Gasteiger partial charge is 0.270 e. The topological polar surface area (TPSA) is 87.9 Å². The van der Waals surface area contributed by atoms with Crippen molar-refractivity contribution in [2.75, 3.05) is 19.6 Å². The van der Waals surface area contributed by atoms with Gasteiger partial charge in [-0.05, 0) is 13.1 Å². The van der Waals surface area contributed by atoms with Crippen LogP contribution in [0.1, 0.15) is 19.7 Å². The maximum atomic E-state index is 10.8. The second-order valence-electron chi connectivity index (χ2n) is 4.69. The summed E-state index contributed by atoms with van der Waals surface area (Å²) in [6.07, 6.45) is 0.781. The molecule has 0 fully saturated rings. The first-order valence-corrected chi connectivity index (χ1v) is 7.02. The van der Waals surface area contributed by atoms with Crippen LogP contribution in [0.2, 0.25) is 0 Å². The van der Waals surface area contributed by atoms with E-state index in [1.54, 1.807) is 12.1 Å². The fourth-order valence-electron chi connectivity index (χ4n) is 2.10. The van der Waals surface area contributed by atoms with Crippen LogP contribution in [0.15, 0.2) is 24.3 Å². The van der Waals surface area contributed by atoms with Crippen molar-refractivity contribution in [3.63, 3.8) is 0 Å². The zero-order valence-electron chi connectivity index (χ0n) is 12.2. The predicted octanol–water partition coefficient (Wildman–Crippen LogP) is 2.26. The minimum atomic E-state index is -0.419. The lowest BCUT2D eigenvalue weighted by molar-refractivity contribution is -0.384. The Morgan fingerprint density at radius 1 is 1.33 bits per heavy atom. The molecule has 1 aromatic carbocycles. The van der Waals surface area contributed by atoms with Gasteiger partial charge in [-0.2, -0.15) is 5.10 Å². The molecule has 0 aliphatic rings. The number of H-pyrrole nitrogens is 1. The van der Waals surface area contributed by atoms with Crippen LogP contribution >= 0.6 is 0 Å². The van der Waals surface area contributed by atoms with Gasteiger partial charge in [-0.25, -0.2) is 4.98 Å². The molecule has 0 spiro atoms. The molecule has 1 aromatic heterocycles. The van der Waals surface area contributed by atoms with E-state index in [1.807, 2.05) is 0 Å². The van der Waals surface area contributed by atoms with Gasteiger partial charge in [0, 0.05) is 30.7 Å². The Kier molecular flexibility index (Phi) is 4.99.